The van der Waals surface area contributed by atoms with Crippen molar-refractivity contribution >= 4 is 22.9 Å². The van der Waals surface area contributed by atoms with Gasteiger partial charge >= 0.3 is 0 Å². The standard InChI is InChI=1S/C20H32N6O/c1-6-21-20(24(5)15-19(27)25(7-2)8-3)22-13-14-26-16(4)23-17-11-9-10-12-18(17)26/h9-12H,6-8,13-15H2,1-5H3,(H,21,22). The predicted molar refractivity (Wildman–Crippen MR) is 111 cm³/mol. The summed E-state index contributed by atoms with van der Waals surface area (Å²) >= 11 is 0. The highest BCUT2D eigenvalue weighted by Gasteiger charge is 2.15. The third-order valence-electron chi connectivity index (χ3n) is 4.62. The summed E-state index contributed by atoms with van der Waals surface area (Å²) in [6.45, 7) is 11.9. The first-order valence-electron chi connectivity index (χ1n) is 9.70. The Kier molecular flexibility index (Phi) is 7.64. The van der Waals surface area contributed by atoms with E-state index < -0.39 is 0 Å². The predicted octanol–water partition coefficient (Wildman–Crippen LogP) is 2.11. The van der Waals surface area contributed by atoms with E-state index in [1.807, 2.05) is 62.7 Å². The van der Waals surface area contributed by atoms with Crippen LogP contribution >= 0.6 is 0 Å². The fourth-order valence-electron chi connectivity index (χ4n) is 3.16. The van der Waals surface area contributed by atoms with Gasteiger partial charge in [-0.3, -0.25) is 9.79 Å². The zero-order valence-corrected chi connectivity index (χ0v) is 17.2. The number of carbonyl (C=O) groups is 1. The SMILES string of the molecule is CCNC(=NCCn1c(C)nc2ccccc21)N(C)CC(=O)N(CC)CC. The number of fused-ring (bicyclic) bond motifs is 1. The van der Waals surface area contributed by atoms with Crippen LogP contribution in [0.4, 0.5) is 0 Å². The van der Waals surface area contributed by atoms with Gasteiger partial charge in [0.25, 0.3) is 0 Å². The van der Waals surface area contributed by atoms with Crippen molar-refractivity contribution in [3.8, 4) is 0 Å². The monoisotopic (exact) mass is 372 g/mol. The minimum absolute atomic E-state index is 0.115. The maximum atomic E-state index is 12.4. The number of nitrogens with one attached hydrogen (secondary N) is 1. The van der Waals surface area contributed by atoms with Crippen LogP contribution in [0, 0.1) is 6.92 Å². The van der Waals surface area contributed by atoms with Gasteiger partial charge in [-0.1, -0.05) is 12.1 Å². The topological polar surface area (TPSA) is 65.8 Å². The second-order valence-corrected chi connectivity index (χ2v) is 6.46. The Balaban J connectivity index is 2.06. The number of imidazole rings is 1. The van der Waals surface area contributed by atoms with Crippen LogP contribution in [0.25, 0.3) is 11.0 Å². The Morgan fingerprint density at radius 3 is 2.59 bits per heavy atom. The maximum Gasteiger partial charge on any atom is 0.242 e. The normalized spacial score (nSPS) is 11.7. The summed E-state index contributed by atoms with van der Waals surface area (Å²) in [5, 5.41) is 3.27. The van der Waals surface area contributed by atoms with E-state index in [0.29, 0.717) is 13.1 Å². The number of aryl methyl sites for hydroxylation is 1. The first kappa shape index (κ1) is 20.7. The molecule has 0 aliphatic carbocycles. The lowest BCUT2D eigenvalue weighted by molar-refractivity contribution is -0.131. The number of aromatic nitrogens is 2. The lowest BCUT2D eigenvalue weighted by Crippen LogP contribution is -2.45. The van der Waals surface area contributed by atoms with Crippen LogP contribution in [0.3, 0.4) is 0 Å². The summed E-state index contributed by atoms with van der Waals surface area (Å²) in [5.74, 6) is 1.85. The lowest BCUT2D eigenvalue weighted by atomic mass is 10.3. The third-order valence-corrected chi connectivity index (χ3v) is 4.62. The second kappa shape index (κ2) is 9.94. The highest BCUT2D eigenvalue weighted by molar-refractivity contribution is 5.86. The number of rotatable bonds is 8. The first-order valence-corrected chi connectivity index (χ1v) is 9.70. The molecule has 1 aromatic heterocycles. The van der Waals surface area contributed by atoms with E-state index in [9.17, 15) is 4.79 Å². The minimum Gasteiger partial charge on any atom is -0.357 e. The van der Waals surface area contributed by atoms with E-state index in [4.69, 9.17) is 4.99 Å². The number of hydrogen-bond acceptors (Lipinski definition) is 3. The van der Waals surface area contributed by atoms with Crippen LogP contribution in [0.2, 0.25) is 0 Å². The van der Waals surface area contributed by atoms with Gasteiger partial charge in [0.15, 0.2) is 5.96 Å². The molecule has 148 valence electrons. The summed E-state index contributed by atoms with van der Waals surface area (Å²) in [4.78, 5) is 25.4. The molecule has 1 N–H and O–H groups in total. The second-order valence-electron chi connectivity index (χ2n) is 6.46. The number of aliphatic imine (C=N–C) groups is 1. The molecule has 2 rings (SSSR count). The van der Waals surface area contributed by atoms with Crippen molar-refractivity contribution in [1.29, 1.82) is 0 Å². The quantitative estimate of drug-likeness (QED) is 0.569. The van der Waals surface area contributed by atoms with Crippen molar-refractivity contribution in [1.82, 2.24) is 24.7 Å². The summed E-state index contributed by atoms with van der Waals surface area (Å²) in [5.41, 5.74) is 2.13. The number of guanidine groups is 1. The summed E-state index contributed by atoms with van der Waals surface area (Å²) in [6, 6.07) is 8.14. The number of carbonyl (C=O) groups excluding carboxylic acids is 1. The summed E-state index contributed by atoms with van der Waals surface area (Å²) < 4.78 is 2.18. The molecule has 0 fully saturated rings. The maximum absolute atomic E-state index is 12.4. The first-order chi connectivity index (χ1) is 13.0. The van der Waals surface area contributed by atoms with Crippen molar-refractivity contribution in [2.24, 2.45) is 4.99 Å². The van der Waals surface area contributed by atoms with Gasteiger partial charge in [-0.25, -0.2) is 4.98 Å². The molecule has 1 aromatic carbocycles. The van der Waals surface area contributed by atoms with E-state index in [-0.39, 0.29) is 5.91 Å². The van der Waals surface area contributed by atoms with Gasteiger partial charge in [-0.15, -0.1) is 0 Å². The van der Waals surface area contributed by atoms with Crippen molar-refractivity contribution < 1.29 is 4.79 Å². The highest BCUT2D eigenvalue weighted by atomic mass is 16.2. The van der Waals surface area contributed by atoms with Crippen LogP contribution in [0.5, 0.6) is 0 Å². The zero-order chi connectivity index (χ0) is 19.8. The van der Waals surface area contributed by atoms with Gasteiger partial charge < -0.3 is 19.7 Å². The molecule has 0 aliphatic heterocycles. The molecule has 0 spiro atoms. The molecule has 7 heteroatoms. The molecule has 0 unspecified atom stereocenters. The van der Waals surface area contributed by atoms with E-state index >= 15 is 0 Å². The fourth-order valence-corrected chi connectivity index (χ4v) is 3.16. The van der Waals surface area contributed by atoms with Crippen molar-refractivity contribution in [3.05, 3.63) is 30.1 Å². The minimum atomic E-state index is 0.115. The van der Waals surface area contributed by atoms with Crippen molar-refractivity contribution in [2.75, 3.05) is 39.8 Å². The molecule has 0 atom stereocenters. The number of para-hydroxylation sites is 2. The van der Waals surface area contributed by atoms with E-state index in [1.54, 1.807) is 0 Å². The Morgan fingerprint density at radius 1 is 1.22 bits per heavy atom. The Labute approximate surface area is 162 Å². The molecule has 7 nitrogen and oxygen atoms in total. The van der Waals surface area contributed by atoms with Gasteiger partial charge in [0, 0.05) is 33.2 Å². The molecule has 0 saturated heterocycles. The molecule has 0 bridgehead atoms. The number of nitrogens with zero attached hydrogens (tertiary/aromatic N) is 5. The average Bonchev–Trinajstić information content (AvgIpc) is 2.97. The fraction of sp³-hybridized carbons (Fsp3) is 0.550. The summed E-state index contributed by atoms with van der Waals surface area (Å²) in [7, 11) is 1.90. The van der Waals surface area contributed by atoms with Gasteiger partial charge in [0.1, 0.15) is 5.82 Å². The van der Waals surface area contributed by atoms with E-state index in [2.05, 4.69) is 20.9 Å². The molecule has 2 aromatic rings. The summed E-state index contributed by atoms with van der Waals surface area (Å²) in [6.07, 6.45) is 0. The molecular weight excluding hydrogens is 340 g/mol. The average molecular weight is 373 g/mol. The lowest BCUT2D eigenvalue weighted by Gasteiger charge is -2.25. The highest BCUT2D eigenvalue weighted by Crippen LogP contribution is 2.15. The van der Waals surface area contributed by atoms with E-state index in [1.165, 1.54) is 0 Å². The largest absolute Gasteiger partial charge is 0.357 e. The Hall–Kier alpha value is -2.57. The van der Waals surface area contributed by atoms with Crippen LogP contribution in [-0.4, -0.2) is 71.0 Å². The molecule has 27 heavy (non-hydrogen) atoms. The van der Waals surface area contributed by atoms with Crippen molar-refractivity contribution in [2.45, 2.75) is 34.2 Å². The molecular formula is C20H32N6O. The Bertz CT molecular complexity index is 778. The molecule has 1 amide bonds. The van der Waals surface area contributed by atoms with Crippen LogP contribution in [0.15, 0.2) is 29.3 Å². The number of benzene rings is 1. The van der Waals surface area contributed by atoms with E-state index in [0.717, 1.165) is 49.0 Å². The van der Waals surface area contributed by atoms with Gasteiger partial charge in [-0.05, 0) is 39.8 Å². The van der Waals surface area contributed by atoms with Crippen molar-refractivity contribution in [3.63, 3.8) is 0 Å². The zero-order valence-electron chi connectivity index (χ0n) is 17.2. The molecule has 0 aliphatic rings. The number of likely N-dealkylation sites (N-methyl/N-ethyl adjacent to an activating group) is 2. The third kappa shape index (κ3) is 5.21. The van der Waals surface area contributed by atoms with Crippen LogP contribution in [-0.2, 0) is 11.3 Å². The molecule has 1 heterocycles. The molecule has 0 saturated carbocycles. The number of amides is 1. The van der Waals surface area contributed by atoms with Gasteiger partial charge in [0.05, 0.1) is 24.1 Å². The van der Waals surface area contributed by atoms with Gasteiger partial charge in [-0.2, -0.15) is 0 Å². The Morgan fingerprint density at radius 2 is 1.93 bits per heavy atom. The van der Waals surface area contributed by atoms with Crippen LogP contribution < -0.4 is 5.32 Å². The van der Waals surface area contributed by atoms with Gasteiger partial charge in [0.2, 0.25) is 5.91 Å². The number of hydrogen-bond donors (Lipinski definition) is 1. The smallest absolute Gasteiger partial charge is 0.242 e. The molecule has 0 radical (unpaired) electrons. The van der Waals surface area contributed by atoms with Crippen LogP contribution in [0.1, 0.15) is 26.6 Å².